The maximum atomic E-state index is 13.0. The lowest BCUT2D eigenvalue weighted by Gasteiger charge is -2.18. The highest BCUT2D eigenvalue weighted by molar-refractivity contribution is 6.23. The van der Waals surface area contributed by atoms with E-state index in [-0.39, 0.29) is 41.4 Å². The molecule has 146 valence electrons. The molecule has 2 aromatic rings. The monoisotopic (exact) mass is 386 g/mol. The van der Waals surface area contributed by atoms with Gasteiger partial charge in [-0.3, -0.25) is 14.4 Å². The van der Waals surface area contributed by atoms with Crippen molar-refractivity contribution in [1.82, 2.24) is 0 Å². The number of carbonyl (C=O) groups is 3. The van der Waals surface area contributed by atoms with Gasteiger partial charge in [-0.1, -0.05) is 24.3 Å². The summed E-state index contributed by atoms with van der Waals surface area (Å²) in [6, 6.07) is 12.6. The predicted octanol–water partition coefficient (Wildman–Crippen LogP) is 3.87. The number of imide groups is 1. The summed E-state index contributed by atoms with van der Waals surface area (Å²) in [5.41, 5.74) is 3.75. The van der Waals surface area contributed by atoms with Crippen molar-refractivity contribution >= 4 is 29.1 Å². The van der Waals surface area contributed by atoms with E-state index < -0.39 is 0 Å². The highest BCUT2D eigenvalue weighted by Gasteiger charge is 2.59. The van der Waals surface area contributed by atoms with Gasteiger partial charge >= 0.3 is 0 Å². The van der Waals surface area contributed by atoms with Crippen molar-refractivity contribution in [2.75, 3.05) is 10.2 Å². The number of rotatable bonds is 3. The lowest BCUT2D eigenvalue weighted by atomic mass is 9.85. The Hall–Kier alpha value is -3.21. The molecule has 1 N–H and O–H groups in total. The van der Waals surface area contributed by atoms with Gasteiger partial charge in [0, 0.05) is 11.3 Å². The predicted molar refractivity (Wildman–Crippen MR) is 111 cm³/mol. The Morgan fingerprint density at radius 3 is 2.17 bits per heavy atom. The number of nitrogens with zero attached hydrogens (tertiary/aromatic N) is 1. The summed E-state index contributed by atoms with van der Waals surface area (Å²) < 4.78 is 0. The van der Waals surface area contributed by atoms with Crippen LogP contribution in [0.2, 0.25) is 0 Å². The second-order valence-corrected chi connectivity index (χ2v) is 8.39. The third kappa shape index (κ3) is 2.80. The van der Waals surface area contributed by atoms with Gasteiger partial charge in [-0.15, -0.1) is 0 Å². The van der Waals surface area contributed by atoms with Crippen LogP contribution < -0.4 is 10.2 Å². The number of benzene rings is 2. The van der Waals surface area contributed by atoms with Gasteiger partial charge in [0.2, 0.25) is 11.8 Å². The summed E-state index contributed by atoms with van der Waals surface area (Å²) >= 11 is 0. The van der Waals surface area contributed by atoms with Gasteiger partial charge in [0.15, 0.2) is 0 Å². The van der Waals surface area contributed by atoms with Crippen molar-refractivity contribution in [3.8, 4) is 0 Å². The van der Waals surface area contributed by atoms with E-state index in [9.17, 15) is 14.4 Å². The second kappa shape index (κ2) is 6.41. The van der Waals surface area contributed by atoms with Crippen molar-refractivity contribution in [2.24, 2.45) is 23.7 Å². The lowest BCUT2D eigenvalue weighted by molar-refractivity contribution is -0.123. The molecule has 1 aliphatic heterocycles. The molecule has 3 aliphatic rings. The second-order valence-electron chi connectivity index (χ2n) is 8.39. The zero-order valence-electron chi connectivity index (χ0n) is 16.4. The van der Waals surface area contributed by atoms with Gasteiger partial charge in [-0.2, -0.15) is 0 Å². The standard InChI is InChI=1S/C24H22N2O3/c1-13-8-14(2)10-18(9-13)25-22(27)17-4-3-5-19(12-17)26-23(28)20-15-6-7-16(11-15)21(20)24(26)29/h3-10,12,15-16,20-21H,11H2,1-2H3,(H,25,27)/t15-,16-,20-,21+/m0/s1. The van der Waals surface area contributed by atoms with Crippen LogP contribution in [0.3, 0.4) is 0 Å². The molecule has 2 aliphatic carbocycles. The molecule has 1 saturated heterocycles. The van der Waals surface area contributed by atoms with Crippen molar-refractivity contribution in [2.45, 2.75) is 20.3 Å². The number of nitrogens with one attached hydrogen (secondary N) is 1. The van der Waals surface area contributed by atoms with Gasteiger partial charge in [-0.25, -0.2) is 4.90 Å². The number of anilines is 2. The minimum absolute atomic E-state index is 0.135. The maximum absolute atomic E-state index is 13.0. The molecule has 2 fully saturated rings. The Morgan fingerprint density at radius 2 is 1.55 bits per heavy atom. The van der Waals surface area contributed by atoms with Crippen molar-refractivity contribution < 1.29 is 14.4 Å². The van der Waals surface area contributed by atoms with Crippen molar-refractivity contribution in [3.05, 3.63) is 71.3 Å². The molecule has 0 unspecified atom stereocenters. The Balaban J connectivity index is 1.41. The van der Waals surface area contributed by atoms with E-state index in [1.807, 2.05) is 32.0 Å². The molecule has 2 bridgehead atoms. The number of carbonyl (C=O) groups excluding carboxylic acids is 3. The first kappa shape index (κ1) is 17.9. The van der Waals surface area contributed by atoms with Crippen LogP contribution in [0, 0.1) is 37.5 Å². The molecule has 2 aromatic carbocycles. The van der Waals surface area contributed by atoms with Crippen molar-refractivity contribution in [3.63, 3.8) is 0 Å². The minimum Gasteiger partial charge on any atom is -0.322 e. The van der Waals surface area contributed by atoms with E-state index >= 15 is 0 Å². The van der Waals surface area contributed by atoms with Crippen LogP contribution in [0.1, 0.15) is 27.9 Å². The van der Waals surface area contributed by atoms with Gasteiger partial charge in [0.1, 0.15) is 0 Å². The molecular formula is C24H22N2O3. The van der Waals surface area contributed by atoms with Crippen LogP contribution in [0.4, 0.5) is 11.4 Å². The molecule has 29 heavy (non-hydrogen) atoms. The van der Waals surface area contributed by atoms with Gasteiger partial charge in [0.05, 0.1) is 17.5 Å². The fraction of sp³-hybridized carbons (Fsp3) is 0.292. The number of amides is 3. The molecule has 0 radical (unpaired) electrons. The Kier molecular flexibility index (Phi) is 3.95. The zero-order chi connectivity index (χ0) is 20.3. The number of allylic oxidation sites excluding steroid dienone is 2. The fourth-order valence-corrected chi connectivity index (χ4v) is 5.19. The molecule has 0 aromatic heterocycles. The number of aryl methyl sites for hydroxylation is 2. The summed E-state index contributed by atoms with van der Waals surface area (Å²) in [7, 11) is 0. The Bertz CT molecular complexity index is 1040. The summed E-state index contributed by atoms with van der Waals surface area (Å²) in [5, 5.41) is 2.91. The molecule has 3 amide bonds. The largest absolute Gasteiger partial charge is 0.322 e. The molecule has 0 spiro atoms. The third-order valence-electron chi connectivity index (χ3n) is 6.32. The van der Waals surface area contributed by atoms with Crippen LogP contribution >= 0.6 is 0 Å². The number of hydrogen-bond acceptors (Lipinski definition) is 3. The number of fused-ring (bicyclic) bond motifs is 5. The molecule has 1 heterocycles. The Labute approximate surface area is 169 Å². The van der Waals surface area contributed by atoms with Crippen molar-refractivity contribution in [1.29, 1.82) is 0 Å². The van der Waals surface area contributed by atoms with Gasteiger partial charge < -0.3 is 5.32 Å². The fourth-order valence-electron chi connectivity index (χ4n) is 5.19. The van der Waals surface area contributed by atoms with E-state index in [0.29, 0.717) is 11.3 Å². The summed E-state index contributed by atoms with van der Waals surface area (Å²) in [6.45, 7) is 3.96. The maximum Gasteiger partial charge on any atom is 0.255 e. The van der Waals surface area contributed by atoms with Crippen LogP contribution in [0.25, 0.3) is 0 Å². The molecule has 5 rings (SSSR count). The first-order valence-electron chi connectivity index (χ1n) is 9.98. The van der Waals surface area contributed by atoms with Crippen LogP contribution in [-0.4, -0.2) is 17.7 Å². The molecule has 5 heteroatoms. The average molecular weight is 386 g/mol. The normalized spacial score (nSPS) is 26.9. The van der Waals surface area contributed by atoms with E-state index in [1.165, 1.54) is 4.90 Å². The van der Waals surface area contributed by atoms with E-state index in [2.05, 4.69) is 17.5 Å². The lowest BCUT2D eigenvalue weighted by Crippen LogP contribution is -2.33. The SMILES string of the molecule is Cc1cc(C)cc(NC(=O)c2cccc(N3C(=O)[C@@H]4[C@H](C3=O)[C@H]3C=C[C@H]4C3)c2)c1. The number of hydrogen-bond donors (Lipinski definition) is 1. The quantitative estimate of drug-likeness (QED) is 0.643. The van der Waals surface area contributed by atoms with Crippen LogP contribution in [-0.2, 0) is 9.59 Å². The van der Waals surface area contributed by atoms with Crippen LogP contribution in [0.15, 0.2) is 54.6 Å². The highest BCUT2D eigenvalue weighted by atomic mass is 16.2. The molecular weight excluding hydrogens is 364 g/mol. The first-order chi connectivity index (χ1) is 13.9. The third-order valence-corrected chi connectivity index (χ3v) is 6.32. The topological polar surface area (TPSA) is 66.5 Å². The summed E-state index contributed by atoms with van der Waals surface area (Å²) in [4.78, 5) is 40.1. The van der Waals surface area contributed by atoms with Gasteiger partial charge in [0.25, 0.3) is 5.91 Å². The first-order valence-corrected chi connectivity index (χ1v) is 9.98. The smallest absolute Gasteiger partial charge is 0.255 e. The summed E-state index contributed by atoms with van der Waals surface area (Å²) in [6.07, 6.45) is 5.06. The van der Waals surface area contributed by atoms with E-state index in [1.54, 1.807) is 24.3 Å². The molecule has 1 saturated carbocycles. The molecule has 5 nitrogen and oxygen atoms in total. The average Bonchev–Trinajstić information content (AvgIpc) is 3.35. The van der Waals surface area contributed by atoms with E-state index in [4.69, 9.17) is 0 Å². The molecule has 4 atom stereocenters. The van der Waals surface area contributed by atoms with E-state index in [0.717, 1.165) is 23.2 Å². The summed E-state index contributed by atoms with van der Waals surface area (Å²) in [5.74, 6) is -0.689. The highest BCUT2D eigenvalue weighted by Crippen LogP contribution is 2.53. The Morgan fingerprint density at radius 1 is 0.931 bits per heavy atom. The minimum atomic E-state index is -0.266. The van der Waals surface area contributed by atoms with Crippen LogP contribution in [0.5, 0.6) is 0 Å². The van der Waals surface area contributed by atoms with Gasteiger partial charge in [-0.05, 0) is 73.6 Å². The zero-order valence-corrected chi connectivity index (χ0v) is 16.4.